The second kappa shape index (κ2) is 5.55. The van der Waals surface area contributed by atoms with Crippen molar-refractivity contribution in [3.63, 3.8) is 0 Å². The molecule has 0 unspecified atom stereocenters. The number of thioether (sulfide) groups is 1. The molecule has 1 aromatic rings. The van der Waals surface area contributed by atoms with Crippen LogP contribution in [0.5, 0.6) is 0 Å². The van der Waals surface area contributed by atoms with Crippen LogP contribution in [0.1, 0.15) is 12.5 Å². The average Bonchev–Trinajstić information content (AvgIpc) is 2.19. The summed E-state index contributed by atoms with van der Waals surface area (Å²) in [5.74, 6) is -1.12. The lowest BCUT2D eigenvalue weighted by Crippen LogP contribution is -2.10. The Morgan fingerprint density at radius 2 is 2.12 bits per heavy atom. The normalized spacial score (nSPS) is 9.88. The Bertz CT molecular complexity index is 418. The first kappa shape index (κ1) is 12.6. The molecular weight excluding hydrogens is 226 g/mol. The van der Waals surface area contributed by atoms with Crippen LogP contribution in [-0.4, -0.2) is 23.2 Å². The summed E-state index contributed by atoms with van der Waals surface area (Å²) in [6.45, 7) is 1.40. The van der Waals surface area contributed by atoms with E-state index in [1.807, 2.05) is 12.3 Å². The highest BCUT2D eigenvalue weighted by molar-refractivity contribution is 7.98. The largest absolute Gasteiger partial charge is 0.481 e. The summed E-state index contributed by atoms with van der Waals surface area (Å²) in [6.07, 6.45) is 1.83. The molecular formula is C11H13NO3S. The fourth-order valence-corrected chi connectivity index (χ4v) is 1.75. The average molecular weight is 239 g/mol. The highest BCUT2D eigenvalue weighted by atomic mass is 32.2. The number of hydrogen-bond donors (Lipinski definition) is 2. The fraction of sp³-hybridized carbons (Fsp3) is 0.273. The first-order valence-electron chi connectivity index (χ1n) is 4.69. The van der Waals surface area contributed by atoms with E-state index in [9.17, 15) is 9.59 Å². The van der Waals surface area contributed by atoms with Crippen LogP contribution in [0.4, 0.5) is 5.69 Å². The van der Waals surface area contributed by atoms with E-state index < -0.39 is 5.97 Å². The molecule has 4 nitrogen and oxygen atoms in total. The summed E-state index contributed by atoms with van der Waals surface area (Å²) < 4.78 is 0. The van der Waals surface area contributed by atoms with Crippen molar-refractivity contribution in [3.8, 4) is 0 Å². The van der Waals surface area contributed by atoms with E-state index in [2.05, 4.69) is 5.32 Å². The second-order valence-corrected chi connectivity index (χ2v) is 4.15. The Balaban J connectivity index is 3.05. The van der Waals surface area contributed by atoms with Gasteiger partial charge in [0.05, 0.1) is 6.42 Å². The van der Waals surface area contributed by atoms with E-state index in [4.69, 9.17) is 5.11 Å². The Morgan fingerprint density at radius 1 is 1.44 bits per heavy atom. The summed E-state index contributed by atoms with van der Waals surface area (Å²) in [7, 11) is 0. The van der Waals surface area contributed by atoms with Crippen LogP contribution < -0.4 is 5.32 Å². The quantitative estimate of drug-likeness (QED) is 0.789. The predicted octanol–water partition coefficient (Wildman–Crippen LogP) is 1.99. The van der Waals surface area contributed by atoms with E-state index >= 15 is 0 Å². The maximum atomic E-state index is 11.0. The van der Waals surface area contributed by atoms with Gasteiger partial charge in [0, 0.05) is 17.5 Å². The highest BCUT2D eigenvalue weighted by Crippen LogP contribution is 2.24. The van der Waals surface area contributed by atoms with Gasteiger partial charge in [-0.25, -0.2) is 0 Å². The Morgan fingerprint density at radius 3 is 2.62 bits per heavy atom. The number of amides is 1. The minimum absolute atomic E-state index is 0.0930. The van der Waals surface area contributed by atoms with Crippen molar-refractivity contribution in [2.24, 2.45) is 0 Å². The molecule has 0 saturated heterocycles. The zero-order valence-corrected chi connectivity index (χ0v) is 9.93. The molecule has 0 aliphatic carbocycles. The maximum Gasteiger partial charge on any atom is 0.307 e. The minimum Gasteiger partial charge on any atom is -0.481 e. The van der Waals surface area contributed by atoms with E-state index in [0.717, 1.165) is 4.90 Å². The third-order valence-electron chi connectivity index (χ3n) is 1.97. The molecule has 0 bridgehead atoms. The number of carboxylic acids is 1. The highest BCUT2D eigenvalue weighted by Gasteiger charge is 2.08. The van der Waals surface area contributed by atoms with Crippen LogP contribution in [0, 0.1) is 0 Å². The van der Waals surface area contributed by atoms with Crippen LogP contribution in [0.2, 0.25) is 0 Å². The third kappa shape index (κ3) is 3.58. The smallest absolute Gasteiger partial charge is 0.307 e. The van der Waals surface area contributed by atoms with E-state index in [1.54, 1.807) is 12.1 Å². The topological polar surface area (TPSA) is 66.4 Å². The third-order valence-corrected chi connectivity index (χ3v) is 2.69. The SMILES string of the molecule is CSc1ccc(CC(=O)O)c(NC(C)=O)c1. The second-order valence-electron chi connectivity index (χ2n) is 3.27. The minimum atomic E-state index is -0.913. The molecule has 0 saturated carbocycles. The molecule has 86 valence electrons. The zero-order chi connectivity index (χ0) is 12.1. The van der Waals surface area contributed by atoms with Gasteiger partial charge in [-0.15, -0.1) is 11.8 Å². The van der Waals surface area contributed by atoms with Crippen LogP contribution in [0.3, 0.4) is 0 Å². The summed E-state index contributed by atoms with van der Waals surface area (Å²) in [6, 6.07) is 5.35. The van der Waals surface area contributed by atoms with Gasteiger partial charge in [-0.2, -0.15) is 0 Å². The van der Waals surface area contributed by atoms with Crippen molar-refractivity contribution >= 4 is 29.3 Å². The number of benzene rings is 1. The molecule has 0 fully saturated rings. The molecule has 2 N–H and O–H groups in total. The van der Waals surface area contributed by atoms with Gasteiger partial charge < -0.3 is 10.4 Å². The van der Waals surface area contributed by atoms with Crippen molar-refractivity contribution in [3.05, 3.63) is 23.8 Å². The number of hydrogen-bond acceptors (Lipinski definition) is 3. The van der Waals surface area contributed by atoms with Crippen LogP contribution in [0.15, 0.2) is 23.1 Å². The summed E-state index contributed by atoms with van der Waals surface area (Å²) in [5, 5.41) is 11.4. The zero-order valence-electron chi connectivity index (χ0n) is 9.11. The Kier molecular flexibility index (Phi) is 4.37. The number of nitrogens with one attached hydrogen (secondary N) is 1. The van der Waals surface area contributed by atoms with E-state index in [1.165, 1.54) is 18.7 Å². The number of rotatable bonds is 4. The van der Waals surface area contributed by atoms with Crippen molar-refractivity contribution in [2.75, 3.05) is 11.6 Å². The lowest BCUT2D eigenvalue weighted by atomic mass is 10.1. The Hall–Kier alpha value is -1.49. The molecule has 0 heterocycles. The molecule has 1 amide bonds. The van der Waals surface area contributed by atoms with Crippen LogP contribution >= 0.6 is 11.8 Å². The first-order valence-corrected chi connectivity index (χ1v) is 5.91. The molecule has 0 spiro atoms. The molecule has 16 heavy (non-hydrogen) atoms. The number of aliphatic carboxylic acids is 1. The number of carbonyl (C=O) groups is 2. The summed E-state index contributed by atoms with van der Waals surface area (Å²) in [5.41, 5.74) is 1.18. The Labute approximate surface area is 98.0 Å². The first-order chi connectivity index (χ1) is 7.52. The number of carboxylic acid groups (broad SMARTS) is 1. The molecule has 0 aliphatic heterocycles. The van der Waals surface area contributed by atoms with Gasteiger partial charge in [-0.05, 0) is 24.0 Å². The van der Waals surface area contributed by atoms with Crippen molar-refractivity contribution in [1.29, 1.82) is 0 Å². The molecule has 0 aromatic heterocycles. The fourth-order valence-electron chi connectivity index (χ4n) is 1.31. The van der Waals surface area contributed by atoms with Gasteiger partial charge in [0.15, 0.2) is 0 Å². The van der Waals surface area contributed by atoms with E-state index in [-0.39, 0.29) is 12.3 Å². The summed E-state index contributed by atoms with van der Waals surface area (Å²) in [4.78, 5) is 22.6. The monoisotopic (exact) mass is 239 g/mol. The van der Waals surface area contributed by atoms with Crippen molar-refractivity contribution < 1.29 is 14.7 Å². The van der Waals surface area contributed by atoms with Crippen molar-refractivity contribution in [2.45, 2.75) is 18.2 Å². The van der Waals surface area contributed by atoms with Gasteiger partial charge in [0.25, 0.3) is 0 Å². The molecule has 1 aromatic carbocycles. The molecule has 0 radical (unpaired) electrons. The maximum absolute atomic E-state index is 11.0. The molecule has 0 aliphatic rings. The van der Waals surface area contributed by atoms with Gasteiger partial charge in [-0.3, -0.25) is 9.59 Å². The van der Waals surface area contributed by atoms with Crippen molar-refractivity contribution in [1.82, 2.24) is 0 Å². The van der Waals surface area contributed by atoms with Crippen LogP contribution in [0.25, 0.3) is 0 Å². The lowest BCUT2D eigenvalue weighted by molar-refractivity contribution is -0.136. The van der Waals surface area contributed by atoms with E-state index in [0.29, 0.717) is 11.3 Å². The lowest BCUT2D eigenvalue weighted by Gasteiger charge is -2.09. The molecule has 0 atom stereocenters. The molecule has 5 heteroatoms. The molecule has 1 rings (SSSR count). The standard InChI is InChI=1S/C11H13NO3S/c1-7(13)12-10-6-9(16-2)4-3-8(10)5-11(14)15/h3-4,6H,5H2,1-2H3,(H,12,13)(H,14,15). The number of carbonyl (C=O) groups excluding carboxylic acids is 1. The summed E-state index contributed by atoms with van der Waals surface area (Å²) >= 11 is 1.54. The van der Waals surface area contributed by atoms with Gasteiger partial charge in [0.2, 0.25) is 5.91 Å². The number of anilines is 1. The van der Waals surface area contributed by atoms with Gasteiger partial charge in [-0.1, -0.05) is 6.07 Å². The van der Waals surface area contributed by atoms with Crippen LogP contribution in [-0.2, 0) is 16.0 Å². The van der Waals surface area contributed by atoms with Gasteiger partial charge >= 0.3 is 5.97 Å². The van der Waals surface area contributed by atoms with Gasteiger partial charge in [0.1, 0.15) is 0 Å². The predicted molar refractivity (Wildman–Crippen MR) is 63.9 cm³/mol.